The van der Waals surface area contributed by atoms with Gasteiger partial charge in [-0.15, -0.1) is 0 Å². The molecule has 2 saturated heterocycles. The number of nitrogens with one attached hydrogen (secondary N) is 1. The minimum Gasteiger partial charge on any atom is -0.442 e. The predicted molar refractivity (Wildman–Crippen MR) is 147 cm³/mol. The molecule has 41 heavy (non-hydrogen) atoms. The number of pyridine rings is 1. The number of methoxy groups -OCH3 is 1. The van der Waals surface area contributed by atoms with E-state index >= 15 is 8.78 Å². The molecule has 2 aliphatic heterocycles. The lowest BCUT2D eigenvalue weighted by atomic mass is 9.95. The molecule has 0 bridgehead atoms. The smallest absolute Gasteiger partial charge is 0.414 e. The molecule has 3 aliphatic rings. The molecule has 3 heterocycles. The first-order chi connectivity index (χ1) is 19.5. The first-order valence-corrected chi connectivity index (χ1v) is 13.2. The Kier molecular flexibility index (Phi) is 8.49. The van der Waals surface area contributed by atoms with Gasteiger partial charge >= 0.3 is 6.09 Å². The summed E-state index contributed by atoms with van der Waals surface area (Å²) in [5.41, 5.74) is 5.03. The van der Waals surface area contributed by atoms with Crippen LogP contribution in [0.3, 0.4) is 0 Å². The van der Waals surface area contributed by atoms with Crippen LogP contribution in [-0.4, -0.2) is 67.4 Å². The number of nitrogens with zero attached hydrogens (tertiary/aromatic N) is 4. The largest absolute Gasteiger partial charge is 0.442 e. The van der Waals surface area contributed by atoms with Crippen LogP contribution in [0.2, 0.25) is 0 Å². The third kappa shape index (κ3) is 5.95. The van der Waals surface area contributed by atoms with Gasteiger partial charge in [0.25, 0.3) is 0 Å². The summed E-state index contributed by atoms with van der Waals surface area (Å²) in [5, 5.41) is 12.7. The normalized spacial score (nSPS) is 24.8. The molecule has 12 heteroatoms. The number of nitriles is 1. The molecule has 5 rings (SSSR count). The van der Waals surface area contributed by atoms with E-state index in [9.17, 15) is 14.9 Å². The number of hydrogen-bond acceptors (Lipinski definition) is 8. The van der Waals surface area contributed by atoms with Gasteiger partial charge in [-0.3, -0.25) is 14.7 Å². The molecule has 0 spiro atoms. The van der Waals surface area contributed by atoms with Crippen molar-refractivity contribution in [3.05, 3.63) is 60.2 Å². The summed E-state index contributed by atoms with van der Waals surface area (Å²) >= 11 is 0. The van der Waals surface area contributed by atoms with Crippen molar-refractivity contribution in [2.75, 3.05) is 38.2 Å². The summed E-state index contributed by atoms with van der Waals surface area (Å²) in [6.45, 7) is 7.48. The number of carbonyl (C=O) groups excluding carboxylic acids is 2. The topological polar surface area (TPSA) is 134 Å². The average Bonchev–Trinajstić information content (AvgIpc) is 3.20. The Labute approximate surface area is 237 Å². The quantitative estimate of drug-likeness (QED) is 0.486. The molecule has 4 atom stereocenters. The number of cyclic esters (lactones) is 1. The molecular weight excluding hydrogens is 534 g/mol. The Balaban J connectivity index is 0.000000585. The van der Waals surface area contributed by atoms with E-state index in [1.165, 1.54) is 29.6 Å². The van der Waals surface area contributed by atoms with Crippen LogP contribution in [-0.2, 0) is 19.7 Å². The summed E-state index contributed by atoms with van der Waals surface area (Å²) in [6.07, 6.45) is 3.72. The van der Waals surface area contributed by atoms with Gasteiger partial charge in [0.05, 0.1) is 41.7 Å². The van der Waals surface area contributed by atoms with Crippen molar-refractivity contribution in [1.29, 1.82) is 5.26 Å². The van der Waals surface area contributed by atoms with Gasteiger partial charge in [0, 0.05) is 56.2 Å². The molecule has 10 nitrogen and oxygen atoms in total. The van der Waals surface area contributed by atoms with Crippen molar-refractivity contribution < 1.29 is 27.8 Å². The molecule has 1 aromatic heterocycles. The highest BCUT2D eigenvalue weighted by atomic mass is 19.1. The molecular formula is C29H34F2N6O4. The zero-order chi connectivity index (χ0) is 29.9. The maximum atomic E-state index is 15.0. The number of fused-ring (bicyclic) bond motifs is 1. The second-order valence-corrected chi connectivity index (χ2v) is 11.2. The number of aromatic nitrogens is 1. The van der Waals surface area contributed by atoms with Crippen LogP contribution in [0.25, 0.3) is 11.1 Å². The summed E-state index contributed by atoms with van der Waals surface area (Å²) in [7, 11) is 1.71. The molecule has 0 radical (unpaired) electrons. The van der Waals surface area contributed by atoms with Gasteiger partial charge in [0.1, 0.15) is 23.2 Å². The zero-order valence-electron chi connectivity index (χ0n) is 23.4. The second-order valence-electron chi connectivity index (χ2n) is 11.2. The number of amides is 2. The van der Waals surface area contributed by atoms with Gasteiger partial charge < -0.3 is 25.4 Å². The number of anilines is 1. The number of benzene rings is 1. The van der Waals surface area contributed by atoms with Gasteiger partial charge in [-0.05, 0) is 39.0 Å². The molecule has 1 saturated carbocycles. The molecule has 1 aromatic carbocycles. The van der Waals surface area contributed by atoms with Crippen LogP contribution in [0.1, 0.15) is 26.5 Å². The third-order valence-corrected chi connectivity index (χ3v) is 7.60. The lowest BCUT2D eigenvalue weighted by molar-refractivity contribution is -0.117. The Morgan fingerprint density at radius 1 is 1.24 bits per heavy atom. The minimum atomic E-state index is -0.852. The van der Waals surface area contributed by atoms with Crippen LogP contribution in [0.15, 0.2) is 42.9 Å². The van der Waals surface area contributed by atoms with Crippen molar-refractivity contribution in [2.24, 2.45) is 17.6 Å². The van der Waals surface area contributed by atoms with Crippen molar-refractivity contribution in [3.63, 3.8) is 0 Å². The predicted octanol–water partition coefficient (Wildman–Crippen LogP) is 3.28. The Morgan fingerprint density at radius 3 is 2.37 bits per heavy atom. The number of nitrogens with two attached hydrogens (primary N) is 1. The van der Waals surface area contributed by atoms with Crippen LogP contribution >= 0.6 is 0 Å². The fourth-order valence-electron chi connectivity index (χ4n) is 5.23. The van der Waals surface area contributed by atoms with Crippen molar-refractivity contribution in [1.82, 2.24) is 15.2 Å². The second kappa shape index (κ2) is 11.7. The fourth-order valence-corrected chi connectivity index (χ4v) is 5.23. The highest BCUT2D eigenvalue weighted by Crippen LogP contribution is 2.62. The summed E-state index contributed by atoms with van der Waals surface area (Å²) < 4.78 is 40.2. The van der Waals surface area contributed by atoms with E-state index in [1.807, 2.05) is 20.8 Å². The summed E-state index contributed by atoms with van der Waals surface area (Å²) in [6, 6.07) is 7.65. The molecule has 218 valence electrons. The third-order valence-electron chi connectivity index (χ3n) is 7.60. The van der Waals surface area contributed by atoms with Gasteiger partial charge in [-0.1, -0.05) is 6.07 Å². The molecule has 2 aromatic rings. The maximum Gasteiger partial charge on any atom is 0.414 e. The van der Waals surface area contributed by atoms with Crippen LogP contribution in [0.4, 0.5) is 19.3 Å². The Bertz CT molecular complexity index is 1320. The number of halogens is 2. The lowest BCUT2D eigenvalue weighted by Gasteiger charge is -2.19. The van der Waals surface area contributed by atoms with E-state index in [4.69, 9.17) is 15.2 Å². The SMILES string of the molecule is COC(C)(C)C.N#CC1(c2ccc(-c3c(F)cc(N4C[C@H](CN/C=C\N)OC4=O)cc3F)cn2)[C@@H]2CN(C=O)C[C@@H]21. The van der Waals surface area contributed by atoms with Gasteiger partial charge in [0.15, 0.2) is 0 Å². The van der Waals surface area contributed by atoms with Gasteiger partial charge in [-0.25, -0.2) is 13.6 Å². The van der Waals surface area contributed by atoms with Crippen LogP contribution < -0.4 is 16.0 Å². The average molecular weight is 569 g/mol. The minimum absolute atomic E-state index is 0.00868. The van der Waals surface area contributed by atoms with E-state index in [0.29, 0.717) is 25.3 Å². The van der Waals surface area contributed by atoms with E-state index < -0.39 is 29.2 Å². The fraction of sp³-hybridized carbons (Fsp3) is 0.448. The number of carbonyl (C=O) groups is 2. The molecule has 1 aliphatic carbocycles. The highest BCUT2D eigenvalue weighted by Gasteiger charge is 2.70. The van der Waals surface area contributed by atoms with Crippen LogP contribution in [0, 0.1) is 34.8 Å². The van der Waals surface area contributed by atoms with Crippen LogP contribution in [0.5, 0.6) is 0 Å². The number of rotatable bonds is 7. The first-order valence-electron chi connectivity index (χ1n) is 13.2. The number of likely N-dealkylation sites (tertiary alicyclic amines) is 1. The Hall–Kier alpha value is -4.24. The lowest BCUT2D eigenvalue weighted by Crippen LogP contribution is -2.29. The van der Waals surface area contributed by atoms with E-state index in [2.05, 4.69) is 16.4 Å². The molecule has 3 N–H and O–H groups in total. The Morgan fingerprint density at radius 2 is 1.88 bits per heavy atom. The number of piperidine rings is 1. The summed E-state index contributed by atoms with van der Waals surface area (Å²) in [5.74, 6) is -1.69. The van der Waals surface area contributed by atoms with Crippen molar-refractivity contribution in [3.8, 4) is 17.2 Å². The van der Waals surface area contributed by atoms with E-state index in [-0.39, 0.29) is 40.8 Å². The first kappa shape index (κ1) is 29.7. The summed E-state index contributed by atoms with van der Waals surface area (Å²) in [4.78, 5) is 30.4. The number of ether oxygens (including phenoxy) is 2. The monoisotopic (exact) mass is 568 g/mol. The highest BCUT2D eigenvalue weighted by molar-refractivity contribution is 5.90. The van der Waals surface area contributed by atoms with Gasteiger partial charge in [0.2, 0.25) is 6.41 Å². The van der Waals surface area contributed by atoms with Crippen molar-refractivity contribution >= 4 is 18.2 Å². The molecule has 3 fully saturated rings. The van der Waals surface area contributed by atoms with Crippen molar-refractivity contribution in [2.45, 2.75) is 37.9 Å². The molecule has 2 amide bonds. The van der Waals surface area contributed by atoms with E-state index in [0.717, 1.165) is 18.5 Å². The number of hydrogen-bond donors (Lipinski definition) is 2. The molecule has 1 unspecified atom stereocenters. The van der Waals surface area contributed by atoms with E-state index in [1.54, 1.807) is 18.1 Å². The van der Waals surface area contributed by atoms with Gasteiger partial charge in [-0.2, -0.15) is 5.26 Å². The zero-order valence-corrected chi connectivity index (χ0v) is 23.4. The maximum absolute atomic E-state index is 15.0. The standard InChI is InChI=1S/C24H22F2N6O3.C5H12O/c25-19-5-15(32-9-16(35-23(32)34)8-29-4-3-27)6-20(26)22(19)14-1-2-21(30-7-14)24(12-28)17-10-31(13-33)11-18(17)24;1-5(2,3)6-4/h1-7,13,16-18,29H,8-11,27H2;1-4H3/b4-3-;/t16-,17-,18+,24?;/m0./s1.